The predicted molar refractivity (Wildman–Crippen MR) is 126 cm³/mol. The predicted octanol–water partition coefficient (Wildman–Crippen LogP) is 1.23. The average Bonchev–Trinajstić information content (AvgIpc) is 3.29. The van der Waals surface area contributed by atoms with Gasteiger partial charge in [-0.1, -0.05) is 6.42 Å². The van der Waals surface area contributed by atoms with E-state index in [1.54, 1.807) is 30.2 Å². The molecule has 0 radical (unpaired) electrons. The van der Waals surface area contributed by atoms with Crippen LogP contribution < -0.4 is 10.6 Å². The lowest BCUT2D eigenvalue weighted by Crippen LogP contribution is -2.52. The number of guanidine groups is 1. The number of halogens is 1. The third-order valence-electron chi connectivity index (χ3n) is 6.48. The van der Waals surface area contributed by atoms with E-state index in [2.05, 4.69) is 15.6 Å². The molecule has 3 unspecified atom stereocenters. The van der Waals surface area contributed by atoms with Gasteiger partial charge in [0, 0.05) is 39.3 Å². The van der Waals surface area contributed by atoms with Gasteiger partial charge in [0.25, 0.3) is 0 Å². The number of amides is 1. The van der Waals surface area contributed by atoms with E-state index < -0.39 is 10.0 Å². The number of rotatable bonds is 6. The zero-order valence-corrected chi connectivity index (χ0v) is 20.9. The second kappa shape index (κ2) is 10.6. The minimum atomic E-state index is -3.12. The maximum atomic E-state index is 12.1. The van der Waals surface area contributed by atoms with Crippen LogP contribution in [-0.4, -0.2) is 81.1 Å². The maximum absolute atomic E-state index is 12.1. The Bertz CT molecular complexity index is 692. The molecular formula is C19H36IN5O3S. The summed E-state index contributed by atoms with van der Waals surface area (Å²) in [6.45, 7) is 2.87. The van der Waals surface area contributed by atoms with Crippen molar-refractivity contribution in [3.8, 4) is 0 Å². The van der Waals surface area contributed by atoms with Crippen molar-refractivity contribution in [1.82, 2.24) is 19.8 Å². The molecule has 168 valence electrons. The quantitative estimate of drug-likeness (QED) is 0.300. The molecule has 0 spiro atoms. The summed E-state index contributed by atoms with van der Waals surface area (Å²) >= 11 is 0. The molecule has 1 heterocycles. The van der Waals surface area contributed by atoms with Crippen LogP contribution in [0.25, 0.3) is 0 Å². The number of piperidine rings is 1. The molecule has 0 aromatic rings. The van der Waals surface area contributed by atoms with Crippen molar-refractivity contribution in [1.29, 1.82) is 0 Å². The van der Waals surface area contributed by atoms with E-state index >= 15 is 0 Å². The SMILES string of the molecule is CCS(=O)(=O)N1CCC(NC(=NCC(=O)N(C)C)NC2CC3CCC2C3)CC1.I. The Morgan fingerprint density at radius 1 is 1.10 bits per heavy atom. The van der Waals surface area contributed by atoms with Gasteiger partial charge < -0.3 is 15.5 Å². The minimum Gasteiger partial charge on any atom is -0.354 e. The van der Waals surface area contributed by atoms with Gasteiger partial charge in [0.1, 0.15) is 6.54 Å². The number of hydrogen-bond acceptors (Lipinski definition) is 4. The van der Waals surface area contributed by atoms with Gasteiger partial charge in [-0.15, -0.1) is 24.0 Å². The van der Waals surface area contributed by atoms with Crippen LogP contribution in [0.2, 0.25) is 0 Å². The van der Waals surface area contributed by atoms with Gasteiger partial charge in [0.15, 0.2) is 5.96 Å². The number of carbonyl (C=O) groups excluding carboxylic acids is 1. The van der Waals surface area contributed by atoms with E-state index in [0.717, 1.165) is 18.8 Å². The smallest absolute Gasteiger partial charge is 0.243 e. The van der Waals surface area contributed by atoms with Crippen molar-refractivity contribution in [2.75, 3.05) is 39.5 Å². The first-order chi connectivity index (χ1) is 13.3. The fourth-order valence-electron chi connectivity index (χ4n) is 4.67. The zero-order valence-electron chi connectivity index (χ0n) is 17.8. The molecule has 3 rings (SSSR count). The summed E-state index contributed by atoms with van der Waals surface area (Å²) in [4.78, 5) is 18.1. The van der Waals surface area contributed by atoms with Gasteiger partial charge >= 0.3 is 0 Å². The third-order valence-corrected chi connectivity index (χ3v) is 8.37. The Balaban J connectivity index is 0.00000300. The summed E-state index contributed by atoms with van der Waals surface area (Å²) in [5, 5.41) is 7.05. The Morgan fingerprint density at radius 3 is 2.31 bits per heavy atom. The molecule has 1 amide bonds. The fraction of sp³-hybridized carbons (Fsp3) is 0.895. The number of nitrogens with one attached hydrogen (secondary N) is 2. The molecule has 0 aromatic heterocycles. The van der Waals surface area contributed by atoms with E-state index in [1.165, 1.54) is 25.7 Å². The molecule has 10 heteroatoms. The highest BCUT2D eigenvalue weighted by atomic mass is 127. The first kappa shape index (κ1) is 24.6. The lowest BCUT2D eigenvalue weighted by Gasteiger charge is -2.33. The molecule has 3 aliphatic rings. The van der Waals surface area contributed by atoms with Crippen LogP contribution in [0.15, 0.2) is 4.99 Å². The number of sulfonamides is 1. The van der Waals surface area contributed by atoms with Crippen molar-refractivity contribution in [3.63, 3.8) is 0 Å². The van der Waals surface area contributed by atoms with Crippen molar-refractivity contribution < 1.29 is 13.2 Å². The van der Waals surface area contributed by atoms with E-state index in [-0.39, 0.29) is 48.2 Å². The largest absolute Gasteiger partial charge is 0.354 e. The van der Waals surface area contributed by atoms with Crippen molar-refractivity contribution >= 4 is 45.9 Å². The van der Waals surface area contributed by atoms with Gasteiger partial charge in [0.05, 0.1) is 5.75 Å². The Hall–Kier alpha value is -0.620. The van der Waals surface area contributed by atoms with Crippen LogP contribution in [0.4, 0.5) is 0 Å². The van der Waals surface area contributed by atoms with E-state index in [0.29, 0.717) is 31.0 Å². The molecule has 2 bridgehead atoms. The van der Waals surface area contributed by atoms with Crippen LogP contribution in [0.5, 0.6) is 0 Å². The van der Waals surface area contributed by atoms with Crippen molar-refractivity contribution in [2.24, 2.45) is 16.8 Å². The highest BCUT2D eigenvalue weighted by Crippen LogP contribution is 2.44. The fourth-order valence-corrected chi connectivity index (χ4v) is 5.80. The Morgan fingerprint density at radius 2 is 1.79 bits per heavy atom. The van der Waals surface area contributed by atoms with E-state index in [4.69, 9.17) is 0 Å². The molecule has 8 nitrogen and oxygen atoms in total. The lowest BCUT2D eigenvalue weighted by atomic mass is 9.95. The normalized spacial score (nSPS) is 28.1. The highest BCUT2D eigenvalue weighted by Gasteiger charge is 2.40. The summed E-state index contributed by atoms with van der Waals surface area (Å²) in [5.74, 6) is 2.35. The van der Waals surface area contributed by atoms with Gasteiger partial charge in [-0.3, -0.25) is 4.79 Å². The van der Waals surface area contributed by atoms with Crippen LogP contribution in [0.3, 0.4) is 0 Å². The second-order valence-corrected chi connectivity index (χ2v) is 10.9. The summed E-state index contributed by atoms with van der Waals surface area (Å²) in [5.41, 5.74) is 0. The summed E-state index contributed by atoms with van der Waals surface area (Å²) < 4.78 is 25.7. The Labute approximate surface area is 192 Å². The van der Waals surface area contributed by atoms with Crippen LogP contribution in [0, 0.1) is 11.8 Å². The highest BCUT2D eigenvalue weighted by molar-refractivity contribution is 14.0. The lowest BCUT2D eigenvalue weighted by molar-refractivity contribution is -0.127. The van der Waals surface area contributed by atoms with Gasteiger partial charge in [0.2, 0.25) is 15.9 Å². The van der Waals surface area contributed by atoms with Gasteiger partial charge in [-0.2, -0.15) is 0 Å². The molecule has 29 heavy (non-hydrogen) atoms. The second-order valence-electron chi connectivity index (χ2n) is 8.60. The number of nitrogens with zero attached hydrogens (tertiary/aromatic N) is 3. The van der Waals surface area contributed by atoms with Crippen molar-refractivity contribution in [3.05, 3.63) is 0 Å². The van der Waals surface area contributed by atoms with E-state index in [9.17, 15) is 13.2 Å². The average molecular weight is 542 g/mol. The molecule has 0 aromatic carbocycles. The summed E-state index contributed by atoms with van der Waals surface area (Å²) in [6, 6.07) is 0.600. The molecule has 1 saturated heterocycles. The van der Waals surface area contributed by atoms with E-state index in [1.807, 2.05) is 0 Å². The maximum Gasteiger partial charge on any atom is 0.243 e. The molecule has 2 N–H and O–H groups in total. The molecular weight excluding hydrogens is 505 g/mol. The molecule has 3 fully saturated rings. The minimum absolute atomic E-state index is 0. The molecule has 2 aliphatic carbocycles. The van der Waals surface area contributed by atoms with Crippen LogP contribution in [0.1, 0.15) is 45.4 Å². The molecule has 3 atom stereocenters. The van der Waals surface area contributed by atoms with Crippen LogP contribution in [-0.2, 0) is 14.8 Å². The van der Waals surface area contributed by atoms with Crippen molar-refractivity contribution in [2.45, 2.75) is 57.5 Å². The first-order valence-electron chi connectivity index (χ1n) is 10.5. The number of likely N-dealkylation sites (N-methyl/N-ethyl adjacent to an activating group) is 1. The van der Waals surface area contributed by atoms with Gasteiger partial charge in [-0.25, -0.2) is 17.7 Å². The topological polar surface area (TPSA) is 94.1 Å². The molecule has 1 aliphatic heterocycles. The summed E-state index contributed by atoms with van der Waals surface area (Å²) in [7, 11) is 0.350. The number of fused-ring (bicyclic) bond motifs is 2. The standard InChI is InChI=1S/C19H35N5O3S.HI/c1-4-28(26,27)24-9-7-16(8-10-24)21-19(20-13-18(25)23(2)3)22-17-12-14-5-6-15(17)11-14;/h14-17H,4-13H2,1-3H3,(H2,20,21,22);1H. The number of carbonyl (C=O) groups is 1. The number of aliphatic imine (C=N–C) groups is 1. The molecule has 2 saturated carbocycles. The Kier molecular flexibility index (Phi) is 9.02. The number of hydrogen-bond donors (Lipinski definition) is 2. The van der Waals surface area contributed by atoms with Gasteiger partial charge in [-0.05, 0) is 50.9 Å². The monoisotopic (exact) mass is 541 g/mol. The van der Waals surface area contributed by atoms with Crippen LogP contribution >= 0.6 is 24.0 Å². The summed E-state index contributed by atoms with van der Waals surface area (Å²) in [6.07, 6.45) is 6.59. The zero-order chi connectivity index (χ0) is 20.3. The first-order valence-corrected chi connectivity index (χ1v) is 12.1. The third kappa shape index (κ3) is 6.43.